The van der Waals surface area contributed by atoms with Crippen LogP contribution in [0.1, 0.15) is 0 Å². The quantitative estimate of drug-likeness (QED) is 0.537. The van der Waals surface area contributed by atoms with E-state index >= 15 is 0 Å². The van der Waals surface area contributed by atoms with Gasteiger partial charge >= 0.3 is 6.41 Å². The van der Waals surface area contributed by atoms with Gasteiger partial charge in [-0.3, -0.25) is 14.7 Å². The van der Waals surface area contributed by atoms with Crippen LogP contribution in [-0.2, 0) is 4.79 Å². The van der Waals surface area contributed by atoms with Gasteiger partial charge in [0.1, 0.15) is 0 Å². The van der Waals surface area contributed by atoms with Crippen molar-refractivity contribution in [2.45, 2.75) is 0 Å². The monoisotopic (exact) mass is 136 g/mol. The van der Waals surface area contributed by atoms with E-state index in [1.54, 1.807) is 19.7 Å². The van der Waals surface area contributed by atoms with Crippen molar-refractivity contribution in [3.8, 4) is 0 Å². The van der Waals surface area contributed by atoms with E-state index in [0.29, 0.717) is 5.82 Å². The minimum absolute atomic E-state index is 0.498. The standard InChI is InChI=1S/C6H6N3O/c1-9(5-10)6-4-7-2-3-8-6/h2-4H,1H3. The van der Waals surface area contributed by atoms with Crippen LogP contribution >= 0.6 is 0 Å². The zero-order chi connectivity index (χ0) is 7.40. The fraction of sp³-hybridized carbons (Fsp3) is 0.167. The summed E-state index contributed by atoms with van der Waals surface area (Å²) in [6.07, 6.45) is 6.21. The Hall–Kier alpha value is -1.45. The van der Waals surface area contributed by atoms with Crippen LogP contribution in [0.25, 0.3) is 0 Å². The molecule has 1 heterocycles. The molecule has 0 aliphatic carbocycles. The van der Waals surface area contributed by atoms with E-state index in [-0.39, 0.29) is 0 Å². The van der Waals surface area contributed by atoms with Crippen molar-refractivity contribution in [3.05, 3.63) is 18.6 Å². The topological polar surface area (TPSA) is 46.1 Å². The zero-order valence-corrected chi connectivity index (χ0v) is 5.48. The molecule has 4 nitrogen and oxygen atoms in total. The van der Waals surface area contributed by atoms with Crippen LogP contribution in [-0.4, -0.2) is 23.4 Å². The number of carbonyl (C=O) groups excluding carboxylic acids is 1. The molecule has 10 heavy (non-hydrogen) atoms. The number of amides is 1. The summed E-state index contributed by atoms with van der Waals surface area (Å²) in [4.78, 5) is 18.9. The maximum absolute atomic E-state index is 10.0. The third-order valence-corrected chi connectivity index (χ3v) is 1.03. The molecule has 0 saturated carbocycles. The SMILES string of the molecule is CN([C]=O)c1cnccn1. The highest BCUT2D eigenvalue weighted by molar-refractivity contribution is 5.71. The molecule has 0 N–H and O–H groups in total. The van der Waals surface area contributed by atoms with Gasteiger partial charge in [0.05, 0.1) is 6.20 Å². The normalized spacial score (nSPS) is 8.90. The van der Waals surface area contributed by atoms with Gasteiger partial charge in [-0.1, -0.05) is 0 Å². The van der Waals surface area contributed by atoms with Gasteiger partial charge in [-0.15, -0.1) is 0 Å². The first kappa shape index (κ1) is 6.67. The number of rotatable bonds is 2. The largest absolute Gasteiger partial charge is 0.317 e. The Kier molecular flexibility index (Phi) is 1.94. The summed E-state index contributed by atoms with van der Waals surface area (Å²) in [6, 6.07) is 0. The Labute approximate surface area is 58.5 Å². The first-order valence-electron chi connectivity index (χ1n) is 2.72. The molecule has 0 aliphatic heterocycles. The molecule has 51 valence electrons. The summed E-state index contributed by atoms with van der Waals surface area (Å²) in [7, 11) is 1.57. The van der Waals surface area contributed by atoms with Crippen molar-refractivity contribution in [1.29, 1.82) is 0 Å². The molecule has 1 rings (SSSR count). The van der Waals surface area contributed by atoms with Gasteiger partial charge in [0, 0.05) is 19.4 Å². The highest BCUT2D eigenvalue weighted by Gasteiger charge is 1.97. The highest BCUT2D eigenvalue weighted by Crippen LogP contribution is 2.00. The fourth-order valence-corrected chi connectivity index (χ4v) is 0.511. The van der Waals surface area contributed by atoms with Gasteiger partial charge in [-0.25, -0.2) is 4.98 Å². The van der Waals surface area contributed by atoms with Crippen LogP contribution in [0.4, 0.5) is 5.82 Å². The summed E-state index contributed by atoms with van der Waals surface area (Å²) in [5, 5.41) is 0. The minimum atomic E-state index is 0.498. The van der Waals surface area contributed by atoms with Crippen LogP contribution in [0.3, 0.4) is 0 Å². The number of hydrogen-bond acceptors (Lipinski definition) is 3. The molecular formula is C6H6N3O. The lowest BCUT2D eigenvalue weighted by Gasteiger charge is -2.04. The summed E-state index contributed by atoms with van der Waals surface area (Å²) in [5.74, 6) is 0.498. The lowest BCUT2D eigenvalue weighted by Crippen LogP contribution is -2.14. The molecule has 0 spiro atoms. The van der Waals surface area contributed by atoms with Crippen molar-refractivity contribution >= 4 is 12.2 Å². The first-order valence-corrected chi connectivity index (χ1v) is 2.72. The average molecular weight is 136 g/mol. The molecule has 0 fully saturated rings. The predicted molar refractivity (Wildman–Crippen MR) is 36.1 cm³/mol. The summed E-state index contributed by atoms with van der Waals surface area (Å²) in [5.41, 5.74) is 0. The van der Waals surface area contributed by atoms with Gasteiger partial charge in [-0.05, 0) is 0 Å². The Balaban J connectivity index is 2.84. The van der Waals surface area contributed by atoms with Gasteiger partial charge in [0.15, 0.2) is 5.82 Å². The molecule has 0 aromatic carbocycles. The number of hydrogen-bond donors (Lipinski definition) is 0. The van der Waals surface area contributed by atoms with E-state index in [2.05, 4.69) is 9.97 Å². The fourth-order valence-electron chi connectivity index (χ4n) is 0.511. The van der Waals surface area contributed by atoms with Crippen molar-refractivity contribution in [2.24, 2.45) is 0 Å². The van der Waals surface area contributed by atoms with E-state index in [1.807, 2.05) is 0 Å². The second-order valence-electron chi connectivity index (χ2n) is 1.71. The highest BCUT2D eigenvalue weighted by atomic mass is 16.1. The number of nitrogens with zero attached hydrogens (tertiary/aromatic N) is 3. The molecule has 4 heteroatoms. The second-order valence-corrected chi connectivity index (χ2v) is 1.71. The van der Waals surface area contributed by atoms with Crippen LogP contribution in [0.5, 0.6) is 0 Å². The third-order valence-electron chi connectivity index (χ3n) is 1.03. The second kappa shape index (κ2) is 2.91. The van der Waals surface area contributed by atoms with Gasteiger partial charge < -0.3 is 0 Å². The Morgan fingerprint density at radius 2 is 2.40 bits per heavy atom. The van der Waals surface area contributed by atoms with E-state index in [4.69, 9.17) is 0 Å². The molecule has 0 bridgehead atoms. The zero-order valence-electron chi connectivity index (χ0n) is 5.48. The van der Waals surface area contributed by atoms with Crippen LogP contribution < -0.4 is 4.90 Å². The van der Waals surface area contributed by atoms with E-state index in [0.717, 1.165) is 0 Å². The lowest BCUT2D eigenvalue weighted by molar-refractivity contribution is 0.554. The smallest absolute Gasteiger partial charge is 0.290 e. The Morgan fingerprint density at radius 3 is 2.90 bits per heavy atom. The lowest BCUT2D eigenvalue weighted by atomic mass is 10.6. The van der Waals surface area contributed by atoms with Gasteiger partial charge in [0.25, 0.3) is 0 Å². The maximum atomic E-state index is 10.0. The molecule has 0 atom stereocenters. The molecule has 0 saturated heterocycles. The van der Waals surface area contributed by atoms with Crippen molar-refractivity contribution in [1.82, 2.24) is 9.97 Å². The van der Waals surface area contributed by atoms with Crippen LogP contribution in [0.15, 0.2) is 18.6 Å². The van der Waals surface area contributed by atoms with Crippen molar-refractivity contribution < 1.29 is 4.79 Å². The molecule has 1 radical (unpaired) electrons. The average Bonchev–Trinajstić information content (AvgIpc) is 2.05. The van der Waals surface area contributed by atoms with E-state index in [1.165, 1.54) is 17.3 Å². The predicted octanol–water partition coefficient (Wildman–Crippen LogP) is -0.0200. The number of aromatic nitrogens is 2. The molecule has 1 amide bonds. The van der Waals surface area contributed by atoms with Gasteiger partial charge in [0.2, 0.25) is 0 Å². The Morgan fingerprint density at radius 1 is 1.60 bits per heavy atom. The van der Waals surface area contributed by atoms with E-state index in [9.17, 15) is 4.79 Å². The minimum Gasteiger partial charge on any atom is -0.290 e. The van der Waals surface area contributed by atoms with Gasteiger partial charge in [-0.2, -0.15) is 0 Å². The molecular weight excluding hydrogens is 130 g/mol. The first-order chi connectivity index (χ1) is 4.84. The molecule has 0 aliphatic rings. The summed E-state index contributed by atoms with van der Waals surface area (Å²) >= 11 is 0. The molecule has 0 unspecified atom stereocenters. The van der Waals surface area contributed by atoms with Crippen LogP contribution in [0, 0.1) is 0 Å². The third kappa shape index (κ3) is 1.28. The number of anilines is 1. The summed E-state index contributed by atoms with van der Waals surface area (Å²) in [6.45, 7) is 0. The molecule has 1 aromatic rings. The Bertz CT molecular complexity index is 211. The van der Waals surface area contributed by atoms with Crippen molar-refractivity contribution in [2.75, 3.05) is 11.9 Å². The van der Waals surface area contributed by atoms with Crippen molar-refractivity contribution in [3.63, 3.8) is 0 Å². The van der Waals surface area contributed by atoms with Crippen LogP contribution in [0.2, 0.25) is 0 Å². The van der Waals surface area contributed by atoms with E-state index < -0.39 is 0 Å². The maximum Gasteiger partial charge on any atom is 0.317 e. The molecule has 1 aromatic heterocycles. The summed E-state index contributed by atoms with van der Waals surface area (Å²) < 4.78 is 0.